The van der Waals surface area contributed by atoms with Crippen LogP contribution < -0.4 is 5.32 Å². The number of rotatable bonds is 2. The molecule has 0 spiro atoms. The lowest BCUT2D eigenvalue weighted by molar-refractivity contribution is -0.00436. The van der Waals surface area contributed by atoms with Gasteiger partial charge < -0.3 is 10.1 Å². The minimum Gasteiger partial charge on any atom is -0.379 e. The smallest absolute Gasteiger partial charge is 0.257 e. The zero-order valence-corrected chi connectivity index (χ0v) is 16.1. The summed E-state index contributed by atoms with van der Waals surface area (Å²) in [6.07, 6.45) is 0.717. The van der Waals surface area contributed by atoms with Gasteiger partial charge in [-0.3, -0.25) is 4.79 Å². The van der Waals surface area contributed by atoms with E-state index in [0.29, 0.717) is 29.3 Å². The molecule has 1 fully saturated rings. The maximum absolute atomic E-state index is 14.7. The number of aliphatic imine (C=N–C) groups is 1. The second-order valence-corrected chi connectivity index (χ2v) is 8.42. The van der Waals surface area contributed by atoms with Crippen molar-refractivity contribution in [1.82, 2.24) is 5.32 Å². The van der Waals surface area contributed by atoms with E-state index in [1.165, 1.54) is 23.9 Å². The number of halogens is 2. The Balaban J connectivity index is 1.74. The highest BCUT2D eigenvalue weighted by Crippen LogP contribution is 2.48. The van der Waals surface area contributed by atoms with Crippen LogP contribution in [0, 0.1) is 17.6 Å². The number of thioether (sulfide) groups is 1. The molecule has 4 rings (SSSR count). The van der Waals surface area contributed by atoms with Crippen molar-refractivity contribution in [2.45, 2.75) is 24.1 Å². The van der Waals surface area contributed by atoms with E-state index >= 15 is 0 Å². The molecule has 0 aromatic heterocycles. The number of ether oxygens (including phenoxy) is 1. The molecule has 0 bridgehead atoms. The van der Waals surface area contributed by atoms with Gasteiger partial charge in [0.2, 0.25) is 0 Å². The summed E-state index contributed by atoms with van der Waals surface area (Å²) >= 11 is 1.46. The lowest BCUT2D eigenvalue weighted by Crippen LogP contribution is -2.51. The van der Waals surface area contributed by atoms with E-state index in [0.717, 1.165) is 6.07 Å². The Morgan fingerprint density at radius 3 is 2.79 bits per heavy atom. The molecule has 2 heterocycles. The van der Waals surface area contributed by atoms with Gasteiger partial charge in [-0.1, -0.05) is 43.0 Å². The lowest BCUT2D eigenvalue weighted by Gasteiger charge is -2.47. The molecule has 2 aromatic rings. The average Bonchev–Trinajstić information content (AvgIpc) is 2.68. The van der Waals surface area contributed by atoms with E-state index in [4.69, 9.17) is 9.73 Å². The van der Waals surface area contributed by atoms with Crippen molar-refractivity contribution in [3.8, 4) is 0 Å². The predicted octanol–water partition coefficient (Wildman–Crippen LogP) is 4.12. The van der Waals surface area contributed by atoms with E-state index in [-0.39, 0.29) is 23.7 Å². The van der Waals surface area contributed by atoms with Crippen LogP contribution in [0.5, 0.6) is 0 Å². The summed E-state index contributed by atoms with van der Waals surface area (Å²) < 4.78 is 33.9. The van der Waals surface area contributed by atoms with E-state index in [1.807, 2.05) is 13.0 Å². The van der Waals surface area contributed by atoms with Crippen molar-refractivity contribution in [3.05, 3.63) is 71.3 Å². The number of nitrogens with one attached hydrogen (secondary N) is 1. The van der Waals surface area contributed by atoms with Gasteiger partial charge in [0, 0.05) is 35.0 Å². The van der Waals surface area contributed by atoms with Crippen LogP contribution in [0.15, 0.2) is 53.5 Å². The minimum atomic E-state index is -0.986. The first-order chi connectivity index (χ1) is 13.5. The van der Waals surface area contributed by atoms with Gasteiger partial charge in [-0.05, 0) is 24.6 Å². The molecule has 1 saturated heterocycles. The fraction of sp³-hybridized carbons (Fsp3) is 0.333. The molecule has 2 aliphatic heterocycles. The molecule has 2 aromatic carbocycles. The van der Waals surface area contributed by atoms with E-state index in [1.54, 1.807) is 24.3 Å². The molecule has 28 heavy (non-hydrogen) atoms. The third-order valence-corrected chi connectivity index (χ3v) is 6.44. The van der Waals surface area contributed by atoms with E-state index in [2.05, 4.69) is 5.32 Å². The van der Waals surface area contributed by atoms with Crippen molar-refractivity contribution in [2.24, 2.45) is 10.9 Å². The number of hydrogen-bond donors (Lipinski definition) is 1. The number of fused-ring (bicyclic) bond motifs is 1. The third kappa shape index (κ3) is 3.44. The van der Waals surface area contributed by atoms with Crippen molar-refractivity contribution in [2.75, 3.05) is 13.2 Å². The number of amidine groups is 1. The molecule has 0 radical (unpaired) electrons. The highest BCUT2D eigenvalue weighted by Gasteiger charge is 2.50. The summed E-state index contributed by atoms with van der Waals surface area (Å²) in [6.45, 7) is 2.80. The molecular weight excluding hydrogens is 382 g/mol. The summed E-state index contributed by atoms with van der Waals surface area (Å²) in [4.78, 5) is 17.3. The monoisotopic (exact) mass is 402 g/mol. The molecule has 146 valence electrons. The van der Waals surface area contributed by atoms with Crippen LogP contribution in [0.3, 0.4) is 0 Å². The van der Waals surface area contributed by atoms with Crippen molar-refractivity contribution < 1.29 is 18.3 Å². The van der Waals surface area contributed by atoms with Gasteiger partial charge in [0.25, 0.3) is 5.91 Å². The minimum absolute atomic E-state index is 0.0172. The van der Waals surface area contributed by atoms with E-state index in [9.17, 15) is 13.6 Å². The molecule has 0 saturated carbocycles. The average molecular weight is 402 g/mol. The largest absolute Gasteiger partial charge is 0.379 e. The molecule has 4 nitrogen and oxygen atoms in total. The molecule has 0 aliphatic carbocycles. The van der Waals surface area contributed by atoms with Gasteiger partial charge in [0.1, 0.15) is 17.2 Å². The number of hydrogen-bond acceptors (Lipinski definition) is 4. The Morgan fingerprint density at radius 1 is 1.25 bits per heavy atom. The van der Waals surface area contributed by atoms with Gasteiger partial charge in [0.15, 0.2) is 5.17 Å². The Hall–Kier alpha value is -2.25. The Kier molecular flexibility index (Phi) is 5.21. The number of carbonyl (C=O) groups excluding carboxylic acids is 1. The highest BCUT2D eigenvalue weighted by atomic mass is 32.2. The van der Waals surface area contributed by atoms with Crippen LogP contribution in [0.4, 0.5) is 8.78 Å². The maximum atomic E-state index is 14.7. The first-order valence-electron chi connectivity index (χ1n) is 9.16. The zero-order chi connectivity index (χ0) is 19.7. The van der Waals surface area contributed by atoms with Gasteiger partial charge in [-0.2, -0.15) is 0 Å². The molecule has 1 amide bonds. The topological polar surface area (TPSA) is 50.7 Å². The van der Waals surface area contributed by atoms with Crippen LogP contribution in [0.2, 0.25) is 0 Å². The number of benzene rings is 2. The van der Waals surface area contributed by atoms with Crippen LogP contribution >= 0.6 is 11.8 Å². The fourth-order valence-corrected chi connectivity index (χ4v) is 5.23. The van der Waals surface area contributed by atoms with Crippen molar-refractivity contribution in [3.63, 3.8) is 0 Å². The summed E-state index contributed by atoms with van der Waals surface area (Å²) in [5, 5.41) is 3.35. The van der Waals surface area contributed by atoms with Gasteiger partial charge >= 0.3 is 0 Å². The predicted molar refractivity (Wildman–Crippen MR) is 105 cm³/mol. The highest BCUT2D eigenvalue weighted by molar-refractivity contribution is 8.14. The second kappa shape index (κ2) is 7.64. The SMILES string of the molecule is C[C@H]1SC(NC(=O)c2ccccc2)=NC2(c3ccc(F)cc3F)COCCC12. The normalized spacial score (nSPS) is 26.9. The third-order valence-electron chi connectivity index (χ3n) is 5.33. The molecular formula is C21H20F2N2O2S. The number of amides is 1. The van der Waals surface area contributed by atoms with Crippen LogP contribution in [0.1, 0.15) is 29.3 Å². The fourth-order valence-electron chi connectivity index (χ4n) is 3.98. The van der Waals surface area contributed by atoms with Gasteiger partial charge in [-0.15, -0.1) is 0 Å². The number of nitrogens with zero attached hydrogens (tertiary/aromatic N) is 1. The lowest BCUT2D eigenvalue weighted by atomic mass is 9.74. The summed E-state index contributed by atoms with van der Waals surface area (Å²) in [5.74, 6) is -1.54. The Labute approximate surface area is 166 Å². The first-order valence-corrected chi connectivity index (χ1v) is 10.0. The molecule has 2 unspecified atom stereocenters. The quantitative estimate of drug-likeness (QED) is 0.822. The summed E-state index contributed by atoms with van der Waals surface area (Å²) in [6, 6.07) is 12.4. The van der Waals surface area contributed by atoms with Gasteiger partial charge in [-0.25, -0.2) is 13.8 Å². The van der Waals surface area contributed by atoms with E-state index < -0.39 is 17.2 Å². The first kappa shape index (κ1) is 19.1. The van der Waals surface area contributed by atoms with Crippen molar-refractivity contribution in [1.29, 1.82) is 0 Å². The van der Waals surface area contributed by atoms with Crippen LogP contribution in [-0.4, -0.2) is 29.5 Å². The molecule has 2 aliphatic rings. The van der Waals surface area contributed by atoms with Crippen molar-refractivity contribution >= 4 is 22.8 Å². The Morgan fingerprint density at radius 2 is 2.04 bits per heavy atom. The second-order valence-electron chi connectivity index (χ2n) is 7.06. The molecule has 1 N–H and O–H groups in total. The summed E-state index contributed by atoms with van der Waals surface area (Å²) in [5.41, 5.74) is -0.167. The van der Waals surface area contributed by atoms with Gasteiger partial charge in [0.05, 0.1) is 6.61 Å². The maximum Gasteiger partial charge on any atom is 0.257 e. The van der Waals surface area contributed by atoms with Crippen LogP contribution in [0.25, 0.3) is 0 Å². The molecule has 3 atom stereocenters. The standard InChI is InChI=1S/C21H20F2N2O2S/c1-13-16-9-10-27-12-21(16,17-8-7-15(22)11-18(17)23)25-20(28-13)24-19(26)14-5-3-2-4-6-14/h2-8,11,13,16H,9-10,12H2,1H3,(H,24,25,26)/t13-,16?,21?/m1/s1. The van der Waals surface area contributed by atoms with Crippen LogP contribution in [-0.2, 0) is 10.3 Å². The zero-order valence-electron chi connectivity index (χ0n) is 15.3. The molecule has 7 heteroatoms. The summed E-state index contributed by atoms with van der Waals surface area (Å²) in [7, 11) is 0. The number of carbonyl (C=O) groups is 1. The Bertz CT molecular complexity index is 922.